The van der Waals surface area contributed by atoms with Crippen molar-refractivity contribution in [2.24, 2.45) is 0 Å². The van der Waals surface area contributed by atoms with Crippen molar-refractivity contribution in [1.82, 2.24) is 5.32 Å². The SMILES string of the molecule is CC1SCC(C)(C)NC1c1ccc(Cl)cc1. The minimum Gasteiger partial charge on any atom is -0.303 e. The van der Waals surface area contributed by atoms with Crippen LogP contribution >= 0.6 is 23.4 Å². The average Bonchev–Trinajstić information content (AvgIpc) is 2.23. The molecule has 2 rings (SSSR count). The standard InChI is InChI=1S/C13H18ClNS/c1-9-12(15-13(2,3)8-16-9)10-4-6-11(14)7-5-10/h4-7,9,12,15H,8H2,1-3H3. The van der Waals surface area contributed by atoms with E-state index in [1.54, 1.807) is 0 Å². The number of halogens is 1. The van der Waals surface area contributed by atoms with Gasteiger partial charge in [-0.25, -0.2) is 0 Å². The second-order valence-electron chi connectivity index (χ2n) is 5.07. The van der Waals surface area contributed by atoms with Crippen molar-refractivity contribution in [3.8, 4) is 0 Å². The zero-order valence-electron chi connectivity index (χ0n) is 9.96. The van der Waals surface area contributed by atoms with Crippen LogP contribution in [0.25, 0.3) is 0 Å². The molecular weight excluding hydrogens is 238 g/mol. The van der Waals surface area contributed by atoms with Gasteiger partial charge in [-0.15, -0.1) is 0 Å². The third-order valence-corrected chi connectivity index (χ3v) is 4.89. The summed E-state index contributed by atoms with van der Waals surface area (Å²) in [5.41, 5.74) is 1.54. The van der Waals surface area contributed by atoms with E-state index in [0.29, 0.717) is 11.3 Å². The summed E-state index contributed by atoms with van der Waals surface area (Å²) in [6.07, 6.45) is 0. The normalized spacial score (nSPS) is 29.0. The van der Waals surface area contributed by atoms with E-state index in [1.165, 1.54) is 5.56 Å². The molecule has 1 fully saturated rings. The molecule has 1 aromatic rings. The van der Waals surface area contributed by atoms with Crippen molar-refractivity contribution < 1.29 is 0 Å². The van der Waals surface area contributed by atoms with Gasteiger partial charge in [0.25, 0.3) is 0 Å². The van der Waals surface area contributed by atoms with Gasteiger partial charge in [-0.05, 0) is 31.5 Å². The molecule has 1 aliphatic rings. The second-order valence-corrected chi connectivity index (χ2v) is 6.88. The lowest BCUT2D eigenvalue weighted by Crippen LogP contribution is -2.50. The van der Waals surface area contributed by atoms with Crippen LogP contribution in [-0.4, -0.2) is 16.5 Å². The summed E-state index contributed by atoms with van der Waals surface area (Å²) in [4.78, 5) is 0. The van der Waals surface area contributed by atoms with Gasteiger partial charge in [-0.3, -0.25) is 0 Å². The lowest BCUT2D eigenvalue weighted by Gasteiger charge is -2.41. The van der Waals surface area contributed by atoms with E-state index >= 15 is 0 Å². The summed E-state index contributed by atoms with van der Waals surface area (Å²) < 4.78 is 0. The van der Waals surface area contributed by atoms with Gasteiger partial charge in [0.2, 0.25) is 0 Å². The highest BCUT2D eigenvalue weighted by atomic mass is 35.5. The molecule has 1 saturated heterocycles. The van der Waals surface area contributed by atoms with Crippen molar-refractivity contribution in [1.29, 1.82) is 0 Å². The molecule has 2 unspecified atom stereocenters. The van der Waals surface area contributed by atoms with Crippen LogP contribution in [0.15, 0.2) is 24.3 Å². The zero-order valence-corrected chi connectivity index (χ0v) is 11.5. The summed E-state index contributed by atoms with van der Waals surface area (Å²) in [6, 6.07) is 8.61. The fourth-order valence-corrected chi connectivity index (χ4v) is 3.35. The van der Waals surface area contributed by atoms with Crippen LogP contribution in [0.1, 0.15) is 32.4 Å². The van der Waals surface area contributed by atoms with Crippen LogP contribution in [0.2, 0.25) is 5.02 Å². The molecule has 0 aromatic heterocycles. The summed E-state index contributed by atoms with van der Waals surface area (Å²) in [7, 11) is 0. The first-order valence-electron chi connectivity index (χ1n) is 5.63. The smallest absolute Gasteiger partial charge is 0.0442 e. The van der Waals surface area contributed by atoms with Gasteiger partial charge in [0, 0.05) is 27.6 Å². The molecule has 1 aromatic carbocycles. The Hall–Kier alpha value is -0.180. The monoisotopic (exact) mass is 255 g/mol. The van der Waals surface area contributed by atoms with Crippen LogP contribution in [0.5, 0.6) is 0 Å². The topological polar surface area (TPSA) is 12.0 Å². The Morgan fingerprint density at radius 2 is 1.94 bits per heavy atom. The Morgan fingerprint density at radius 3 is 2.56 bits per heavy atom. The molecule has 2 atom stereocenters. The lowest BCUT2D eigenvalue weighted by molar-refractivity contribution is 0.352. The maximum Gasteiger partial charge on any atom is 0.0442 e. The number of thioether (sulfide) groups is 1. The van der Waals surface area contributed by atoms with Crippen LogP contribution in [-0.2, 0) is 0 Å². The fourth-order valence-electron chi connectivity index (χ4n) is 2.04. The molecule has 16 heavy (non-hydrogen) atoms. The number of nitrogens with one attached hydrogen (secondary N) is 1. The van der Waals surface area contributed by atoms with Gasteiger partial charge in [0.1, 0.15) is 0 Å². The second kappa shape index (κ2) is 4.59. The molecule has 0 radical (unpaired) electrons. The number of benzene rings is 1. The molecule has 1 nitrogen and oxygen atoms in total. The molecule has 0 aliphatic carbocycles. The Bertz CT molecular complexity index is 361. The molecule has 3 heteroatoms. The van der Waals surface area contributed by atoms with Gasteiger partial charge in [0.15, 0.2) is 0 Å². The first-order valence-corrected chi connectivity index (χ1v) is 7.05. The summed E-state index contributed by atoms with van der Waals surface area (Å²) in [5.74, 6) is 1.16. The quantitative estimate of drug-likeness (QED) is 0.817. The molecule has 1 N–H and O–H groups in total. The highest BCUT2D eigenvalue weighted by molar-refractivity contribution is 8.00. The van der Waals surface area contributed by atoms with E-state index in [-0.39, 0.29) is 5.54 Å². The maximum absolute atomic E-state index is 5.92. The fraction of sp³-hybridized carbons (Fsp3) is 0.538. The minimum atomic E-state index is 0.210. The predicted octanol–water partition coefficient (Wildman–Crippen LogP) is 3.88. The van der Waals surface area contributed by atoms with Crippen molar-refractivity contribution in [3.05, 3.63) is 34.9 Å². The predicted molar refractivity (Wildman–Crippen MR) is 73.3 cm³/mol. The molecule has 0 saturated carbocycles. The first-order chi connectivity index (χ1) is 7.48. The van der Waals surface area contributed by atoms with Crippen molar-refractivity contribution in [2.75, 3.05) is 5.75 Å². The lowest BCUT2D eigenvalue weighted by atomic mass is 9.99. The molecule has 1 heterocycles. The molecule has 1 aliphatic heterocycles. The molecule has 0 amide bonds. The van der Waals surface area contributed by atoms with Crippen molar-refractivity contribution in [2.45, 2.75) is 37.6 Å². The van der Waals surface area contributed by atoms with Crippen LogP contribution in [0.3, 0.4) is 0 Å². The van der Waals surface area contributed by atoms with E-state index in [1.807, 2.05) is 23.9 Å². The van der Waals surface area contributed by atoms with Gasteiger partial charge in [0.05, 0.1) is 0 Å². The Morgan fingerprint density at radius 1 is 1.31 bits per heavy atom. The minimum absolute atomic E-state index is 0.210. The zero-order chi connectivity index (χ0) is 11.8. The Kier molecular flexibility index (Phi) is 3.53. The maximum atomic E-state index is 5.92. The number of hydrogen-bond acceptors (Lipinski definition) is 2. The van der Waals surface area contributed by atoms with Crippen molar-refractivity contribution in [3.63, 3.8) is 0 Å². The van der Waals surface area contributed by atoms with Crippen LogP contribution in [0, 0.1) is 0 Å². The molecule has 88 valence electrons. The summed E-state index contributed by atoms with van der Waals surface area (Å²) in [6.45, 7) is 6.80. The van der Waals surface area contributed by atoms with Gasteiger partial charge >= 0.3 is 0 Å². The van der Waals surface area contributed by atoms with E-state index in [9.17, 15) is 0 Å². The number of rotatable bonds is 1. The highest BCUT2D eigenvalue weighted by Gasteiger charge is 2.32. The average molecular weight is 256 g/mol. The van der Waals surface area contributed by atoms with Crippen molar-refractivity contribution >= 4 is 23.4 Å². The van der Waals surface area contributed by atoms with Crippen LogP contribution in [0.4, 0.5) is 0 Å². The third-order valence-electron chi connectivity index (χ3n) is 2.95. The van der Waals surface area contributed by atoms with Gasteiger partial charge in [-0.1, -0.05) is 30.7 Å². The summed E-state index contributed by atoms with van der Waals surface area (Å²) >= 11 is 7.95. The van der Waals surface area contributed by atoms with E-state index in [0.717, 1.165) is 10.8 Å². The molecule has 0 bridgehead atoms. The van der Waals surface area contributed by atoms with E-state index < -0.39 is 0 Å². The van der Waals surface area contributed by atoms with E-state index in [2.05, 4.69) is 38.2 Å². The largest absolute Gasteiger partial charge is 0.303 e. The summed E-state index contributed by atoms with van der Waals surface area (Å²) in [5, 5.41) is 5.12. The Balaban J connectivity index is 2.21. The third kappa shape index (κ3) is 2.73. The van der Waals surface area contributed by atoms with E-state index in [4.69, 9.17) is 11.6 Å². The molecular formula is C13H18ClNS. The highest BCUT2D eigenvalue weighted by Crippen LogP contribution is 2.35. The van der Waals surface area contributed by atoms with Gasteiger partial charge < -0.3 is 5.32 Å². The van der Waals surface area contributed by atoms with Gasteiger partial charge in [-0.2, -0.15) is 11.8 Å². The first kappa shape index (κ1) is 12.3. The van der Waals surface area contributed by atoms with Crippen LogP contribution < -0.4 is 5.32 Å². The molecule has 0 spiro atoms. The Labute approximate surface area is 107 Å². The number of hydrogen-bond donors (Lipinski definition) is 1.